The zero-order chi connectivity index (χ0) is 14.4. The molecule has 0 radical (unpaired) electrons. The first-order valence-corrected chi connectivity index (χ1v) is 6.75. The number of aryl methyl sites for hydroxylation is 2. The summed E-state index contributed by atoms with van der Waals surface area (Å²) in [6.07, 6.45) is 0. The van der Waals surface area contributed by atoms with Crippen LogP contribution in [0.15, 0.2) is 16.5 Å². The van der Waals surface area contributed by atoms with E-state index in [1.54, 1.807) is 16.7 Å². The highest BCUT2D eigenvalue weighted by Crippen LogP contribution is 2.29. The summed E-state index contributed by atoms with van der Waals surface area (Å²) in [5.41, 5.74) is 8.30. The van der Waals surface area contributed by atoms with E-state index in [1.165, 1.54) is 0 Å². The lowest BCUT2D eigenvalue weighted by atomic mass is 10.3. The van der Waals surface area contributed by atoms with Gasteiger partial charge in [0.05, 0.1) is 26.8 Å². The summed E-state index contributed by atoms with van der Waals surface area (Å²) in [7, 11) is 0. The lowest BCUT2D eigenvalue weighted by Crippen LogP contribution is -2.04. The third-order valence-electron chi connectivity index (χ3n) is 3.19. The van der Waals surface area contributed by atoms with Crippen LogP contribution in [0.3, 0.4) is 0 Å². The van der Waals surface area contributed by atoms with Gasteiger partial charge >= 0.3 is 0 Å². The number of rotatable bonds is 2. The van der Waals surface area contributed by atoms with Crippen molar-refractivity contribution in [1.82, 2.24) is 14.5 Å². The van der Waals surface area contributed by atoms with Crippen molar-refractivity contribution in [2.75, 3.05) is 5.73 Å². The number of anilines is 1. The highest BCUT2D eigenvalue weighted by atomic mass is 35.5. The minimum atomic E-state index is 0.367. The van der Waals surface area contributed by atoms with Crippen molar-refractivity contribution in [3.63, 3.8) is 0 Å². The fraction of sp³-hybridized carbons (Fsp3) is 0.231. The Kier molecular flexibility index (Phi) is 3.11. The molecule has 0 fully saturated rings. The summed E-state index contributed by atoms with van der Waals surface area (Å²) < 4.78 is 7.37. The first-order chi connectivity index (χ1) is 9.45. The minimum absolute atomic E-state index is 0.367. The second-order valence-electron chi connectivity index (χ2n) is 4.56. The standard InChI is InChI=1S/C13H12Cl2N4O/c1-6-7(2)20-12(17-6)5-19-11-4-9(15)8(14)3-10(11)18-13(19)16/h3-4H,5H2,1-2H3,(H2,16,18). The monoisotopic (exact) mass is 310 g/mol. The van der Waals surface area contributed by atoms with E-state index in [-0.39, 0.29) is 0 Å². The second kappa shape index (κ2) is 4.68. The Morgan fingerprint density at radius 1 is 1.20 bits per heavy atom. The third kappa shape index (κ3) is 2.13. The number of nitrogen functional groups attached to an aromatic ring is 1. The van der Waals surface area contributed by atoms with E-state index in [9.17, 15) is 0 Å². The molecule has 3 aromatic rings. The molecule has 0 unspecified atom stereocenters. The molecular formula is C13H12Cl2N4O. The number of oxazole rings is 1. The minimum Gasteiger partial charge on any atom is -0.444 e. The number of nitrogens with two attached hydrogens (primary N) is 1. The molecule has 2 N–H and O–H groups in total. The van der Waals surface area contributed by atoms with Gasteiger partial charge in [-0.25, -0.2) is 9.97 Å². The SMILES string of the molecule is Cc1nc(Cn2c(N)nc3cc(Cl)c(Cl)cc32)oc1C. The molecule has 2 heterocycles. The molecule has 0 amide bonds. The van der Waals surface area contributed by atoms with Gasteiger partial charge in [0.1, 0.15) is 12.3 Å². The second-order valence-corrected chi connectivity index (χ2v) is 5.37. The van der Waals surface area contributed by atoms with E-state index in [4.69, 9.17) is 33.4 Å². The van der Waals surface area contributed by atoms with E-state index in [1.807, 2.05) is 13.8 Å². The van der Waals surface area contributed by atoms with E-state index >= 15 is 0 Å². The van der Waals surface area contributed by atoms with Crippen LogP contribution in [0.2, 0.25) is 10.0 Å². The van der Waals surface area contributed by atoms with Crippen LogP contribution >= 0.6 is 23.2 Å². The maximum Gasteiger partial charge on any atom is 0.214 e. The normalized spacial score (nSPS) is 11.4. The molecule has 5 nitrogen and oxygen atoms in total. The molecule has 0 atom stereocenters. The molecule has 20 heavy (non-hydrogen) atoms. The van der Waals surface area contributed by atoms with Crippen LogP contribution in [0, 0.1) is 13.8 Å². The van der Waals surface area contributed by atoms with Gasteiger partial charge in [-0.05, 0) is 26.0 Å². The summed E-state index contributed by atoms with van der Waals surface area (Å²) >= 11 is 12.0. The van der Waals surface area contributed by atoms with Gasteiger partial charge in [0, 0.05) is 0 Å². The summed E-state index contributed by atoms with van der Waals surface area (Å²) in [5, 5.41) is 0.909. The van der Waals surface area contributed by atoms with Gasteiger partial charge in [0.15, 0.2) is 0 Å². The average Bonchev–Trinajstić information content (AvgIpc) is 2.83. The van der Waals surface area contributed by atoms with Crippen molar-refractivity contribution in [3.8, 4) is 0 Å². The molecule has 0 aliphatic heterocycles. The number of benzene rings is 1. The highest BCUT2D eigenvalue weighted by Gasteiger charge is 2.14. The lowest BCUT2D eigenvalue weighted by Gasteiger charge is -2.03. The predicted molar refractivity (Wildman–Crippen MR) is 79.2 cm³/mol. The summed E-state index contributed by atoms with van der Waals surface area (Å²) in [5.74, 6) is 1.74. The zero-order valence-electron chi connectivity index (χ0n) is 10.9. The average molecular weight is 311 g/mol. The Balaban J connectivity index is 2.11. The van der Waals surface area contributed by atoms with Gasteiger partial charge in [-0.1, -0.05) is 23.2 Å². The molecule has 0 bridgehead atoms. The molecule has 0 saturated heterocycles. The third-order valence-corrected chi connectivity index (χ3v) is 3.91. The highest BCUT2D eigenvalue weighted by molar-refractivity contribution is 6.42. The molecule has 3 rings (SSSR count). The first-order valence-electron chi connectivity index (χ1n) is 5.99. The molecule has 104 valence electrons. The topological polar surface area (TPSA) is 69.9 Å². The quantitative estimate of drug-likeness (QED) is 0.785. The Morgan fingerprint density at radius 2 is 1.90 bits per heavy atom. The van der Waals surface area contributed by atoms with Crippen molar-refractivity contribution in [2.45, 2.75) is 20.4 Å². The Bertz CT molecular complexity index is 787. The van der Waals surface area contributed by atoms with Crippen molar-refractivity contribution in [2.24, 2.45) is 0 Å². The number of imidazole rings is 1. The number of aromatic nitrogens is 3. The molecular weight excluding hydrogens is 299 g/mol. The Labute approximate surface area is 125 Å². The molecule has 1 aromatic carbocycles. The number of halogens is 2. The summed E-state index contributed by atoms with van der Waals surface area (Å²) in [6.45, 7) is 4.17. The molecule has 0 aliphatic rings. The van der Waals surface area contributed by atoms with Gasteiger partial charge in [0.25, 0.3) is 0 Å². The van der Waals surface area contributed by atoms with Crippen LogP contribution in [-0.2, 0) is 6.54 Å². The number of hydrogen-bond donors (Lipinski definition) is 1. The molecule has 0 saturated carbocycles. The first kappa shape index (κ1) is 13.3. The zero-order valence-corrected chi connectivity index (χ0v) is 12.5. The van der Waals surface area contributed by atoms with Crippen LogP contribution in [0.1, 0.15) is 17.3 Å². The summed E-state index contributed by atoms with van der Waals surface area (Å²) in [4.78, 5) is 8.61. The van der Waals surface area contributed by atoms with Crippen LogP contribution in [0.25, 0.3) is 11.0 Å². The fourth-order valence-electron chi connectivity index (χ4n) is 2.05. The molecule has 0 spiro atoms. The Morgan fingerprint density at radius 3 is 2.55 bits per heavy atom. The van der Waals surface area contributed by atoms with Crippen molar-refractivity contribution < 1.29 is 4.42 Å². The lowest BCUT2D eigenvalue weighted by molar-refractivity contribution is 0.460. The maximum atomic E-state index is 6.05. The van der Waals surface area contributed by atoms with Gasteiger partial charge in [-0.15, -0.1) is 0 Å². The van der Waals surface area contributed by atoms with Crippen LogP contribution in [0.4, 0.5) is 5.95 Å². The molecule has 2 aromatic heterocycles. The van der Waals surface area contributed by atoms with E-state index < -0.39 is 0 Å². The van der Waals surface area contributed by atoms with E-state index in [2.05, 4.69) is 9.97 Å². The van der Waals surface area contributed by atoms with Gasteiger partial charge in [-0.3, -0.25) is 0 Å². The van der Waals surface area contributed by atoms with Gasteiger partial charge < -0.3 is 14.7 Å². The van der Waals surface area contributed by atoms with Crippen LogP contribution in [-0.4, -0.2) is 14.5 Å². The van der Waals surface area contributed by atoms with Crippen molar-refractivity contribution >= 4 is 40.2 Å². The largest absolute Gasteiger partial charge is 0.444 e. The fourth-order valence-corrected chi connectivity index (χ4v) is 2.36. The smallest absolute Gasteiger partial charge is 0.214 e. The number of hydrogen-bond acceptors (Lipinski definition) is 4. The summed E-state index contributed by atoms with van der Waals surface area (Å²) in [6, 6.07) is 3.43. The predicted octanol–water partition coefficient (Wildman–Crippen LogP) is 3.58. The van der Waals surface area contributed by atoms with Gasteiger partial charge in [-0.2, -0.15) is 0 Å². The van der Waals surface area contributed by atoms with E-state index in [0.717, 1.165) is 17.0 Å². The van der Waals surface area contributed by atoms with Crippen molar-refractivity contribution in [3.05, 3.63) is 39.5 Å². The molecule has 0 aliphatic carbocycles. The van der Waals surface area contributed by atoms with E-state index in [0.29, 0.717) is 33.9 Å². The van der Waals surface area contributed by atoms with Crippen LogP contribution in [0.5, 0.6) is 0 Å². The number of fused-ring (bicyclic) bond motifs is 1. The maximum absolute atomic E-state index is 6.05. The van der Waals surface area contributed by atoms with Crippen molar-refractivity contribution in [1.29, 1.82) is 0 Å². The number of nitrogens with zero attached hydrogens (tertiary/aromatic N) is 3. The van der Waals surface area contributed by atoms with Crippen LogP contribution < -0.4 is 5.73 Å². The Hall–Kier alpha value is -1.72. The molecule has 7 heteroatoms. The van der Waals surface area contributed by atoms with Gasteiger partial charge in [0.2, 0.25) is 11.8 Å².